The Morgan fingerprint density at radius 2 is 1.48 bits per heavy atom. The Hall–Kier alpha value is -3.27. The lowest BCUT2D eigenvalue weighted by molar-refractivity contribution is 0.404. The summed E-state index contributed by atoms with van der Waals surface area (Å²) in [4.78, 5) is 7.47. The minimum absolute atomic E-state index is 0.114. The lowest BCUT2D eigenvalue weighted by Crippen LogP contribution is -1.81. The summed E-state index contributed by atoms with van der Waals surface area (Å²) < 4.78 is 0. The van der Waals surface area contributed by atoms with Gasteiger partial charge < -0.3 is 15.2 Å². The summed E-state index contributed by atoms with van der Waals surface area (Å²) in [5, 5.41) is 20.1. The number of aromatic nitrogens is 2. The fourth-order valence-electron chi connectivity index (χ4n) is 2.67. The van der Waals surface area contributed by atoms with E-state index < -0.39 is 0 Å². The Morgan fingerprint density at radius 1 is 0.739 bits per heavy atom. The molecule has 0 atom stereocenters. The summed E-state index contributed by atoms with van der Waals surface area (Å²) in [6.07, 6.45) is 3.59. The molecule has 23 heavy (non-hydrogen) atoms. The molecule has 2 aromatic carbocycles. The van der Waals surface area contributed by atoms with Gasteiger partial charge in [0.15, 0.2) is 11.5 Å². The van der Waals surface area contributed by atoms with Crippen LogP contribution in [0, 0.1) is 0 Å². The van der Waals surface area contributed by atoms with E-state index in [4.69, 9.17) is 0 Å². The number of nitrogens with one attached hydrogen (secondary N) is 1. The second-order valence-corrected chi connectivity index (χ2v) is 5.43. The van der Waals surface area contributed by atoms with Gasteiger partial charge in [-0.15, -0.1) is 0 Å². The molecule has 0 saturated heterocycles. The third-order valence-electron chi connectivity index (χ3n) is 3.93. The quantitative estimate of drug-likeness (QED) is 0.483. The number of benzene rings is 2. The number of fused-ring (bicyclic) bond motifs is 1. The molecule has 4 nitrogen and oxygen atoms in total. The van der Waals surface area contributed by atoms with Crippen LogP contribution in [0.1, 0.15) is 0 Å². The van der Waals surface area contributed by atoms with Gasteiger partial charge in [0.05, 0.1) is 11.7 Å². The van der Waals surface area contributed by atoms with E-state index in [0.29, 0.717) is 0 Å². The molecular weight excluding hydrogens is 288 g/mol. The fourth-order valence-corrected chi connectivity index (χ4v) is 2.67. The van der Waals surface area contributed by atoms with Gasteiger partial charge in [-0.3, -0.25) is 4.98 Å². The lowest BCUT2D eigenvalue weighted by atomic mass is 10.0. The van der Waals surface area contributed by atoms with Crippen LogP contribution in [-0.4, -0.2) is 20.2 Å². The summed E-state index contributed by atoms with van der Waals surface area (Å²) >= 11 is 0. The Morgan fingerprint density at radius 3 is 2.22 bits per heavy atom. The Balaban J connectivity index is 1.71. The summed E-state index contributed by atoms with van der Waals surface area (Å²) in [6, 6.07) is 16.9. The topological polar surface area (TPSA) is 69.1 Å². The number of H-pyrrole nitrogens is 1. The molecule has 0 saturated carbocycles. The zero-order valence-electron chi connectivity index (χ0n) is 12.2. The van der Waals surface area contributed by atoms with Crippen molar-refractivity contribution in [3.8, 4) is 33.9 Å². The standard InChI is InChI=1S/C19H14N2O2/c22-18-6-5-14(10-19(18)23)12-1-3-13(4-2-12)16-9-15-7-8-20-11-17(15)21-16/h1-11,21-23H. The van der Waals surface area contributed by atoms with Crippen LogP contribution < -0.4 is 0 Å². The maximum absolute atomic E-state index is 9.61. The highest BCUT2D eigenvalue weighted by molar-refractivity contribution is 5.85. The van der Waals surface area contributed by atoms with Crippen molar-refractivity contribution < 1.29 is 10.2 Å². The first-order chi connectivity index (χ1) is 11.2. The van der Waals surface area contributed by atoms with Crippen LogP contribution >= 0.6 is 0 Å². The number of pyridine rings is 1. The second kappa shape index (κ2) is 5.18. The first kappa shape index (κ1) is 13.4. The first-order valence-corrected chi connectivity index (χ1v) is 7.26. The monoisotopic (exact) mass is 302 g/mol. The predicted molar refractivity (Wildman–Crippen MR) is 90.3 cm³/mol. The van der Waals surface area contributed by atoms with Crippen LogP contribution in [0.3, 0.4) is 0 Å². The lowest BCUT2D eigenvalue weighted by Gasteiger charge is -2.05. The number of aromatic hydroxyl groups is 2. The highest BCUT2D eigenvalue weighted by atomic mass is 16.3. The number of rotatable bonds is 2. The van der Waals surface area contributed by atoms with E-state index in [0.717, 1.165) is 33.3 Å². The van der Waals surface area contributed by atoms with Crippen molar-refractivity contribution in [2.45, 2.75) is 0 Å². The number of phenols is 2. The molecule has 0 unspecified atom stereocenters. The normalized spacial score (nSPS) is 11.0. The van der Waals surface area contributed by atoms with E-state index in [1.165, 1.54) is 6.07 Å². The molecule has 2 heterocycles. The van der Waals surface area contributed by atoms with Crippen LogP contribution in [0.15, 0.2) is 67.0 Å². The van der Waals surface area contributed by atoms with Crippen molar-refractivity contribution in [2.24, 2.45) is 0 Å². The molecule has 0 amide bonds. The van der Waals surface area contributed by atoms with Crippen molar-refractivity contribution in [3.05, 3.63) is 67.0 Å². The minimum Gasteiger partial charge on any atom is -0.504 e. The van der Waals surface area contributed by atoms with Crippen molar-refractivity contribution in [3.63, 3.8) is 0 Å². The molecule has 0 aliphatic carbocycles. The van der Waals surface area contributed by atoms with Gasteiger partial charge in [0.1, 0.15) is 0 Å². The number of aromatic amines is 1. The number of hydrogen-bond donors (Lipinski definition) is 3. The molecule has 3 N–H and O–H groups in total. The smallest absolute Gasteiger partial charge is 0.158 e. The van der Waals surface area contributed by atoms with Gasteiger partial charge in [0, 0.05) is 17.3 Å². The van der Waals surface area contributed by atoms with E-state index >= 15 is 0 Å². The summed E-state index contributed by atoms with van der Waals surface area (Å²) in [6.45, 7) is 0. The zero-order valence-corrected chi connectivity index (χ0v) is 12.2. The minimum atomic E-state index is -0.116. The van der Waals surface area contributed by atoms with Crippen LogP contribution in [0.2, 0.25) is 0 Å². The molecule has 4 rings (SSSR count). The van der Waals surface area contributed by atoms with E-state index in [9.17, 15) is 10.2 Å². The van der Waals surface area contributed by atoms with Gasteiger partial charge in [-0.1, -0.05) is 30.3 Å². The van der Waals surface area contributed by atoms with E-state index in [1.54, 1.807) is 18.3 Å². The van der Waals surface area contributed by atoms with E-state index in [1.807, 2.05) is 36.5 Å². The molecule has 0 spiro atoms. The third kappa shape index (κ3) is 2.40. The SMILES string of the molecule is Oc1ccc(-c2ccc(-c3cc4ccncc4[nH]3)cc2)cc1O. The van der Waals surface area contributed by atoms with Crippen molar-refractivity contribution in [1.29, 1.82) is 0 Å². The first-order valence-electron chi connectivity index (χ1n) is 7.26. The van der Waals surface area contributed by atoms with Gasteiger partial charge in [0.2, 0.25) is 0 Å². The highest BCUT2D eigenvalue weighted by Crippen LogP contribution is 2.32. The van der Waals surface area contributed by atoms with Crippen molar-refractivity contribution in [2.75, 3.05) is 0 Å². The Labute approximate surface area is 132 Å². The van der Waals surface area contributed by atoms with Gasteiger partial charge >= 0.3 is 0 Å². The summed E-state index contributed by atoms with van der Waals surface area (Å²) in [5.41, 5.74) is 4.95. The molecule has 4 heteroatoms. The van der Waals surface area contributed by atoms with Crippen LogP contribution in [0.25, 0.3) is 33.3 Å². The van der Waals surface area contributed by atoms with Crippen molar-refractivity contribution in [1.82, 2.24) is 9.97 Å². The highest BCUT2D eigenvalue weighted by Gasteiger charge is 2.06. The maximum Gasteiger partial charge on any atom is 0.158 e. The molecular formula is C19H14N2O2. The average Bonchev–Trinajstić information content (AvgIpc) is 3.02. The van der Waals surface area contributed by atoms with E-state index in [2.05, 4.69) is 16.0 Å². The summed E-state index contributed by atoms with van der Waals surface area (Å²) in [7, 11) is 0. The van der Waals surface area contributed by atoms with Crippen LogP contribution in [-0.2, 0) is 0 Å². The van der Waals surface area contributed by atoms with Gasteiger partial charge in [-0.2, -0.15) is 0 Å². The van der Waals surface area contributed by atoms with Crippen LogP contribution in [0.4, 0.5) is 0 Å². The molecule has 0 fully saturated rings. The number of hydrogen-bond acceptors (Lipinski definition) is 3. The molecule has 0 aliphatic heterocycles. The van der Waals surface area contributed by atoms with Crippen LogP contribution in [0.5, 0.6) is 11.5 Å². The molecule has 112 valence electrons. The zero-order chi connectivity index (χ0) is 15.8. The number of nitrogens with zero attached hydrogens (tertiary/aromatic N) is 1. The largest absolute Gasteiger partial charge is 0.504 e. The number of phenolic OH excluding ortho intramolecular Hbond substituents is 2. The molecule has 2 aromatic heterocycles. The maximum atomic E-state index is 9.61. The van der Waals surface area contributed by atoms with E-state index in [-0.39, 0.29) is 11.5 Å². The fraction of sp³-hybridized carbons (Fsp3) is 0. The molecule has 4 aromatic rings. The molecule has 0 radical (unpaired) electrons. The van der Waals surface area contributed by atoms with Gasteiger partial charge in [-0.25, -0.2) is 0 Å². The second-order valence-electron chi connectivity index (χ2n) is 5.43. The summed E-state index contributed by atoms with van der Waals surface area (Å²) in [5.74, 6) is -0.230. The predicted octanol–water partition coefficient (Wildman–Crippen LogP) is 4.31. The molecule has 0 bridgehead atoms. The Bertz CT molecular complexity index is 955. The average molecular weight is 302 g/mol. The third-order valence-corrected chi connectivity index (χ3v) is 3.93. The van der Waals surface area contributed by atoms with Gasteiger partial charge in [0.25, 0.3) is 0 Å². The molecule has 0 aliphatic rings. The Kier molecular flexibility index (Phi) is 3.01. The van der Waals surface area contributed by atoms with Crippen molar-refractivity contribution >= 4 is 10.9 Å². The van der Waals surface area contributed by atoms with Gasteiger partial charge in [-0.05, 0) is 41.0 Å².